The molecule has 1 aromatic carbocycles. The monoisotopic (exact) mass is 510 g/mol. The summed E-state index contributed by atoms with van der Waals surface area (Å²) in [6, 6.07) is 9.13. The zero-order chi connectivity index (χ0) is 26.0. The van der Waals surface area contributed by atoms with Crippen LogP contribution in [0.4, 0.5) is 0 Å². The lowest BCUT2D eigenvalue weighted by Crippen LogP contribution is -2.29. The highest BCUT2D eigenvalue weighted by Gasteiger charge is 2.17. The number of nitrogens with zero attached hydrogens (tertiary/aromatic N) is 5. The highest BCUT2D eigenvalue weighted by atomic mass is 35.5. The second-order valence-electron chi connectivity index (χ2n) is 8.43. The first-order valence-corrected chi connectivity index (χ1v) is 12.3. The smallest absolute Gasteiger partial charge is 0.124 e. The molecule has 4 heterocycles. The summed E-state index contributed by atoms with van der Waals surface area (Å²) < 4.78 is 23.2. The van der Waals surface area contributed by atoms with Crippen molar-refractivity contribution < 1.29 is 7.48 Å². The molecule has 3 aromatic heterocycles. The Morgan fingerprint density at radius 1 is 1.09 bits per heavy atom. The SMILES string of the molecule is [2H]C([2H])(c1ccc(/C=C/c2n[nH]c3ccc(OC(C)c4c(Cl)cncc4Cl)cc23)nn1)N1CCCCC1. The molecule has 1 unspecified atom stereocenters. The van der Waals surface area contributed by atoms with Gasteiger partial charge < -0.3 is 4.74 Å². The maximum Gasteiger partial charge on any atom is 0.124 e. The summed E-state index contributed by atoms with van der Waals surface area (Å²) in [6.45, 7) is 1.71. The van der Waals surface area contributed by atoms with Gasteiger partial charge in [-0.3, -0.25) is 15.0 Å². The normalized spacial score (nSPS) is 16.9. The molecule has 0 spiro atoms. The number of fused-ring (bicyclic) bond motifs is 1. The average molecular weight is 511 g/mol. The summed E-state index contributed by atoms with van der Waals surface area (Å²) >= 11 is 12.6. The zero-order valence-corrected chi connectivity index (χ0v) is 20.7. The number of hydrogen-bond acceptors (Lipinski definition) is 6. The van der Waals surface area contributed by atoms with Crippen molar-refractivity contribution >= 4 is 46.3 Å². The predicted octanol–water partition coefficient (Wildman–Crippen LogP) is 6.35. The standard InChI is InChI=1S/C26H26Cl2N6O/c1-17(26-22(27)14-29-15-23(26)28)35-20-8-10-25-21(13-20)24(32-33-25)9-7-18-5-6-19(31-30-18)16-34-11-3-2-4-12-34/h5-10,13-15,17H,2-4,11-12,16H2,1H3,(H,32,33)/b9-7+/i16D2. The fourth-order valence-electron chi connectivity index (χ4n) is 4.11. The van der Waals surface area contributed by atoms with Gasteiger partial charge in [-0.2, -0.15) is 15.3 Å². The van der Waals surface area contributed by atoms with Crippen molar-refractivity contribution in [1.29, 1.82) is 0 Å². The second kappa shape index (κ2) is 10.7. The number of aromatic amines is 1. The third-order valence-electron chi connectivity index (χ3n) is 5.90. The molecule has 1 fully saturated rings. The van der Waals surface area contributed by atoms with Crippen molar-refractivity contribution in [3.8, 4) is 5.75 Å². The molecule has 35 heavy (non-hydrogen) atoms. The maximum absolute atomic E-state index is 8.51. The number of nitrogens with one attached hydrogen (secondary N) is 1. The van der Waals surface area contributed by atoms with Crippen LogP contribution >= 0.6 is 23.2 Å². The highest BCUT2D eigenvalue weighted by molar-refractivity contribution is 6.35. The number of likely N-dealkylation sites (tertiary alicyclic amines) is 1. The van der Waals surface area contributed by atoms with Gasteiger partial charge in [-0.25, -0.2) is 0 Å². The molecule has 1 atom stereocenters. The van der Waals surface area contributed by atoms with E-state index in [1.54, 1.807) is 30.6 Å². The third-order valence-corrected chi connectivity index (χ3v) is 6.50. The largest absolute Gasteiger partial charge is 0.486 e. The molecule has 0 radical (unpaired) electrons. The van der Waals surface area contributed by atoms with Crippen LogP contribution in [0.25, 0.3) is 23.1 Å². The molecule has 9 heteroatoms. The number of H-pyrrole nitrogens is 1. The van der Waals surface area contributed by atoms with Crippen LogP contribution in [0.5, 0.6) is 5.75 Å². The van der Waals surface area contributed by atoms with Crippen LogP contribution in [0.3, 0.4) is 0 Å². The van der Waals surface area contributed by atoms with E-state index in [9.17, 15) is 0 Å². The van der Waals surface area contributed by atoms with Crippen LogP contribution in [-0.4, -0.2) is 43.4 Å². The molecule has 1 aliphatic heterocycles. The molecule has 1 N–H and O–H groups in total. The average Bonchev–Trinajstić information content (AvgIpc) is 3.30. The van der Waals surface area contributed by atoms with Gasteiger partial charge in [-0.05, 0) is 75.3 Å². The van der Waals surface area contributed by atoms with Gasteiger partial charge in [0.2, 0.25) is 0 Å². The predicted molar refractivity (Wildman–Crippen MR) is 139 cm³/mol. The molecule has 0 amide bonds. The first-order chi connectivity index (χ1) is 17.8. The summed E-state index contributed by atoms with van der Waals surface area (Å²) in [5, 5.41) is 17.6. The van der Waals surface area contributed by atoms with Gasteiger partial charge in [0.25, 0.3) is 0 Å². The number of rotatable bonds is 7. The lowest BCUT2D eigenvalue weighted by atomic mass is 10.1. The van der Waals surface area contributed by atoms with E-state index in [1.807, 2.05) is 36.1 Å². The topological polar surface area (TPSA) is 79.8 Å². The second-order valence-corrected chi connectivity index (χ2v) is 9.24. The van der Waals surface area contributed by atoms with Gasteiger partial charge in [-0.1, -0.05) is 29.6 Å². The Balaban J connectivity index is 1.33. The molecule has 1 aliphatic rings. The van der Waals surface area contributed by atoms with Crippen LogP contribution in [-0.2, 0) is 6.50 Å². The van der Waals surface area contributed by atoms with Gasteiger partial charge >= 0.3 is 0 Å². The van der Waals surface area contributed by atoms with Crippen LogP contribution in [0.2, 0.25) is 10.0 Å². The third kappa shape index (κ3) is 5.64. The van der Waals surface area contributed by atoms with E-state index in [-0.39, 0.29) is 6.10 Å². The Kier molecular flexibility index (Phi) is 6.53. The van der Waals surface area contributed by atoms with Crippen molar-refractivity contribution in [1.82, 2.24) is 30.3 Å². The minimum atomic E-state index is -1.63. The summed E-state index contributed by atoms with van der Waals surface area (Å²) in [5.41, 5.74) is 3.18. The molecule has 7 nitrogen and oxygen atoms in total. The summed E-state index contributed by atoms with van der Waals surface area (Å²) in [6.07, 6.45) is 9.49. The van der Waals surface area contributed by atoms with Gasteiger partial charge in [0.1, 0.15) is 11.9 Å². The van der Waals surface area contributed by atoms with Crippen molar-refractivity contribution in [3.63, 3.8) is 0 Å². The van der Waals surface area contributed by atoms with Gasteiger partial charge in [0, 0.05) is 32.6 Å². The minimum absolute atomic E-state index is 0.321. The van der Waals surface area contributed by atoms with E-state index in [1.165, 1.54) is 0 Å². The first-order valence-electron chi connectivity index (χ1n) is 12.5. The number of hydrogen-bond donors (Lipinski definition) is 1. The number of pyridine rings is 1. The number of benzene rings is 1. The quantitative estimate of drug-likeness (QED) is 0.312. The molecule has 0 saturated carbocycles. The van der Waals surface area contributed by atoms with E-state index >= 15 is 0 Å². The molecule has 1 saturated heterocycles. The number of halogens is 2. The highest BCUT2D eigenvalue weighted by Crippen LogP contribution is 2.33. The Hall–Kier alpha value is -3.00. The van der Waals surface area contributed by atoms with Gasteiger partial charge in [0.05, 0.1) is 32.6 Å². The number of aromatic nitrogens is 5. The number of piperidine rings is 1. The lowest BCUT2D eigenvalue weighted by molar-refractivity contribution is 0.218. The van der Waals surface area contributed by atoms with E-state index < -0.39 is 6.50 Å². The fourth-order valence-corrected chi connectivity index (χ4v) is 4.78. The maximum atomic E-state index is 8.51. The van der Waals surface area contributed by atoms with Crippen LogP contribution in [0.15, 0.2) is 42.7 Å². The molecule has 4 aromatic rings. The Bertz CT molecular complexity index is 1400. The van der Waals surface area contributed by atoms with Crippen molar-refractivity contribution in [2.75, 3.05) is 13.1 Å². The van der Waals surface area contributed by atoms with Crippen molar-refractivity contribution in [3.05, 3.63) is 75.4 Å². The van der Waals surface area contributed by atoms with Gasteiger partial charge in [-0.15, -0.1) is 0 Å². The molecular weight excluding hydrogens is 483 g/mol. The molecular formula is C26H26Cl2N6O. The summed E-state index contributed by atoms with van der Waals surface area (Å²) in [7, 11) is 0. The van der Waals surface area contributed by atoms with E-state index in [0.717, 1.165) is 43.3 Å². The Morgan fingerprint density at radius 2 is 1.89 bits per heavy atom. The summed E-state index contributed by atoms with van der Waals surface area (Å²) in [5.74, 6) is 0.643. The lowest BCUT2D eigenvalue weighted by Gasteiger charge is -2.25. The summed E-state index contributed by atoms with van der Waals surface area (Å²) in [4.78, 5) is 5.83. The van der Waals surface area contributed by atoms with Crippen LogP contribution in [0, 0.1) is 0 Å². The van der Waals surface area contributed by atoms with Crippen LogP contribution in [0.1, 0.15) is 57.7 Å². The molecule has 5 rings (SSSR count). The number of ether oxygens (including phenoxy) is 1. The van der Waals surface area contributed by atoms with Crippen LogP contribution < -0.4 is 4.74 Å². The van der Waals surface area contributed by atoms with Crippen molar-refractivity contribution in [2.24, 2.45) is 0 Å². The van der Waals surface area contributed by atoms with Gasteiger partial charge in [0.15, 0.2) is 0 Å². The zero-order valence-electron chi connectivity index (χ0n) is 21.2. The Morgan fingerprint density at radius 3 is 2.63 bits per heavy atom. The van der Waals surface area contributed by atoms with E-state index in [4.69, 9.17) is 30.7 Å². The minimum Gasteiger partial charge on any atom is -0.486 e. The van der Waals surface area contributed by atoms with Crippen molar-refractivity contribution in [2.45, 2.75) is 38.8 Å². The first kappa shape index (κ1) is 21.3. The molecule has 0 bridgehead atoms. The molecule has 180 valence electrons. The fraction of sp³-hybridized carbons (Fsp3) is 0.308. The Labute approximate surface area is 216 Å². The van der Waals surface area contributed by atoms with E-state index in [0.29, 0.717) is 38.4 Å². The van der Waals surface area contributed by atoms with E-state index in [2.05, 4.69) is 25.4 Å². The molecule has 0 aliphatic carbocycles.